The Morgan fingerprint density at radius 2 is 1.68 bits per heavy atom. The van der Waals surface area contributed by atoms with Crippen molar-refractivity contribution in [3.8, 4) is 0 Å². The number of amides is 1. The first-order valence-electron chi connectivity index (χ1n) is 11.8. The fourth-order valence-corrected chi connectivity index (χ4v) is 4.61. The lowest BCUT2D eigenvalue weighted by molar-refractivity contribution is 0.0953. The summed E-state index contributed by atoms with van der Waals surface area (Å²) < 4.78 is 7.20. The highest BCUT2D eigenvalue weighted by atomic mass is 16.3. The number of aromatic nitrogens is 3. The van der Waals surface area contributed by atoms with E-state index < -0.39 is 0 Å². The van der Waals surface area contributed by atoms with Crippen molar-refractivity contribution in [2.24, 2.45) is 0 Å². The average molecular weight is 456 g/mol. The molecular weight excluding hydrogens is 426 g/mol. The van der Waals surface area contributed by atoms with Crippen LogP contribution in [0.5, 0.6) is 0 Å². The van der Waals surface area contributed by atoms with Gasteiger partial charge in [0.25, 0.3) is 5.91 Å². The van der Waals surface area contributed by atoms with Crippen molar-refractivity contribution in [1.29, 1.82) is 0 Å². The van der Waals surface area contributed by atoms with Crippen LogP contribution in [0.15, 0.2) is 83.7 Å². The number of carbonyl (C=O) groups excluding carboxylic acids is 1. The van der Waals surface area contributed by atoms with Crippen LogP contribution in [-0.2, 0) is 19.4 Å². The molecule has 0 bridgehead atoms. The minimum atomic E-state index is -0.136. The maximum absolute atomic E-state index is 12.1. The molecular formula is C27H29N5O2. The van der Waals surface area contributed by atoms with Gasteiger partial charge in [-0.15, -0.1) is 10.2 Å². The van der Waals surface area contributed by atoms with Crippen LogP contribution in [-0.4, -0.2) is 51.8 Å². The Labute approximate surface area is 199 Å². The summed E-state index contributed by atoms with van der Waals surface area (Å²) >= 11 is 0. The van der Waals surface area contributed by atoms with Gasteiger partial charge >= 0.3 is 0 Å². The number of fused-ring (bicyclic) bond motifs is 1. The number of nitrogens with zero attached hydrogens (tertiary/aromatic N) is 4. The Balaban J connectivity index is 1.22. The Morgan fingerprint density at radius 3 is 2.35 bits per heavy atom. The molecule has 7 heteroatoms. The smallest absolute Gasteiger partial charge is 0.254 e. The molecule has 1 amide bonds. The first-order valence-corrected chi connectivity index (χ1v) is 11.8. The van der Waals surface area contributed by atoms with E-state index in [0.717, 1.165) is 44.2 Å². The van der Waals surface area contributed by atoms with Gasteiger partial charge in [0.1, 0.15) is 17.9 Å². The van der Waals surface area contributed by atoms with Crippen LogP contribution in [0.1, 0.15) is 39.1 Å². The highest BCUT2D eigenvalue weighted by molar-refractivity contribution is 5.93. The van der Waals surface area contributed by atoms with E-state index in [9.17, 15) is 4.79 Å². The molecule has 0 atom stereocenters. The van der Waals surface area contributed by atoms with Crippen LogP contribution in [0.25, 0.3) is 0 Å². The summed E-state index contributed by atoms with van der Waals surface area (Å²) in [6, 6.07) is 23.2. The number of hydrogen-bond donors (Lipinski definition) is 1. The van der Waals surface area contributed by atoms with Gasteiger partial charge in [0.2, 0.25) is 0 Å². The molecule has 1 aliphatic heterocycles. The van der Waals surface area contributed by atoms with E-state index in [1.807, 2.05) is 0 Å². The average Bonchev–Trinajstić information content (AvgIpc) is 3.51. The zero-order valence-corrected chi connectivity index (χ0v) is 19.1. The van der Waals surface area contributed by atoms with Crippen LogP contribution in [0, 0.1) is 0 Å². The summed E-state index contributed by atoms with van der Waals surface area (Å²) in [5, 5.41) is 11.8. The highest BCUT2D eigenvalue weighted by Gasteiger charge is 2.23. The van der Waals surface area contributed by atoms with E-state index >= 15 is 0 Å². The molecule has 2 aromatic heterocycles. The minimum Gasteiger partial charge on any atom is -0.472 e. The fourth-order valence-electron chi connectivity index (χ4n) is 4.61. The Morgan fingerprint density at radius 1 is 0.941 bits per heavy atom. The molecule has 0 fully saturated rings. The molecule has 5 rings (SSSR count). The summed E-state index contributed by atoms with van der Waals surface area (Å²) in [5.74, 6) is 2.13. The zero-order valence-electron chi connectivity index (χ0n) is 19.1. The van der Waals surface area contributed by atoms with Crippen molar-refractivity contribution in [1.82, 2.24) is 25.0 Å². The van der Waals surface area contributed by atoms with Gasteiger partial charge in [0.15, 0.2) is 0 Å². The number of rotatable bonds is 8. The Bertz CT molecular complexity index is 1150. The molecule has 0 radical (unpaired) electrons. The molecule has 0 saturated heterocycles. The molecule has 7 nitrogen and oxygen atoms in total. The zero-order chi connectivity index (χ0) is 23.2. The van der Waals surface area contributed by atoms with Crippen molar-refractivity contribution in [2.45, 2.75) is 25.3 Å². The van der Waals surface area contributed by atoms with Crippen molar-refractivity contribution < 1.29 is 9.21 Å². The topological polar surface area (TPSA) is 76.2 Å². The van der Waals surface area contributed by atoms with Gasteiger partial charge in [-0.3, -0.25) is 4.79 Å². The molecule has 3 heterocycles. The van der Waals surface area contributed by atoms with Crippen molar-refractivity contribution in [3.05, 3.63) is 108 Å². The first kappa shape index (κ1) is 22.1. The third-order valence-electron chi connectivity index (χ3n) is 6.46. The largest absolute Gasteiger partial charge is 0.472 e. The van der Waals surface area contributed by atoms with E-state index in [2.05, 4.69) is 85.6 Å². The maximum Gasteiger partial charge on any atom is 0.254 e. The van der Waals surface area contributed by atoms with Crippen molar-refractivity contribution >= 4 is 5.91 Å². The van der Waals surface area contributed by atoms with Crippen LogP contribution >= 0.6 is 0 Å². The first-order chi connectivity index (χ1) is 16.8. The van der Waals surface area contributed by atoms with Crippen LogP contribution in [0.2, 0.25) is 0 Å². The summed E-state index contributed by atoms with van der Waals surface area (Å²) in [6.45, 7) is 4.21. The molecule has 1 aliphatic rings. The second-order valence-corrected chi connectivity index (χ2v) is 8.63. The summed E-state index contributed by atoms with van der Waals surface area (Å²) in [4.78, 5) is 14.7. The van der Waals surface area contributed by atoms with Gasteiger partial charge in [-0.25, -0.2) is 0 Å². The van der Waals surface area contributed by atoms with Crippen LogP contribution in [0.3, 0.4) is 0 Å². The highest BCUT2D eigenvalue weighted by Crippen LogP contribution is 2.26. The Kier molecular flexibility index (Phi) is 6.81. The molecule has 4 aromatic rings. The van der Waals surface area contributed by atoms with Gasteiger partial charge in [-0.1, -0.05) is 60.7 Å². The third kappa shape index (κ3) is 5.10. The fraction of sp³-hybridized carbons (Fsp3) is 0.296. The van der Waals surface area contributed by atoms with Crippen LogP contribution < -0.4 is 5.32 Å². The number of nitrogens with one attached hydrogen (secondary N) is 1. The SMILES string of the molecule is O=C(NCCc1nnc2n1CCN(CC(c1ccccc1)c1ccccc1)CC2)c1ccoc1. The van der Waals surface area contributed by atoms with Crippen molar-refractivity contribution in [2.75, 3.05) is 26.2 Å². The lowest BCUT2D eigenvalue weighted by atomic mass is 9.90. The van der Waals surface area contributed by atoms with E-state index in [-0.39, 0.29) is 5.91 Å². The second-order valence-electron chi connectivity index (χ2n) is 8.63. The standard InChI is InChI=1S/C27H29N5O2/c33-27(23-13-18-34-20-23)28-14-11-25-29-30-26-12-15-31(16-17-32(25)26)19-24(21-7-3-1-4-8-21)22-9-5-2-6-10-22/h1-10,13,18,20,24H,11-12,14-17,19H2,(H,28,33). The summed E-state index contributed by atoms with van der Waals surface area (Å²) in [5.41, 5.74) is 3.21. The van der Waals surface area contributed by atoms with E-state index in [1.54, 1.807) is 6.07 Å². The number of furan rings is 1. The van der Waals surface area contributed by atoms with E-state index in [0.29, 0.717) is 24.4 Å². The molecule has 0 saturated carbocycles. The quantitative estimate of drug-likeness (QED) is 0.440. The predicted octanol–water partition coefficient (Wildman–Crippen LogP) is 3.53. The lowest BCUT2D eigenvalue weighted by Crippen LogP contribution is -2.32. The molecule has 0 aliphatic carbocycles. The number of carbonyl (C=O) groups is 1. The molecule has 2 aromatic carbocycles. The van der Waals surface area contributed by atoms with Gasteiger partial charge in [0, 0.05) is 51.5 Å². The number of hydrogen-bond acceptors (Lipinski definition) is 5. The lowest BCUT2D eigenvalue weighted by Gasteiger charge is -2.27. The van der Waals surface area contributed by atoms with Crippen molar-refractivity contribution in [3.63, 3.8) is 0 Å². The van der Waals surface area contributed by atoms with Gasteiger partial charge in [-0.2, -0.15) is 0 Å². The van der Waals surface area contributed by atoms with Crippen LogP contribution in [0.4, 0.5) is 0 Å². The maximum atomic E-state index is 12.1. The van der Waals surface area contributed by atoms with E-state index in [1.165, 1.54) is 23.7 Å². The predicted molar refractivity (Wildman–Crippen MR) is 130 cm³/mol. The third-order valence-corrected chi connectivity index (χ3v) is 6.46. The van der Waals surface area contributed by atoms with Gasteiger partial charge < -0.3 is 19.2 Å². The normalized spacial score (nSPS) is 14.0. The molecule has 174 valence electrons. The monoisotopic (exact) mass is 455 g/mol. The Hall–Kier alpha value is -3.71. The molecule has 1 N–H and O–H groups in total. The molecule has 0 spiro atoms. The summed E-state index contributed by atoms with van der Waals surface area (Å²) in [6.07, 6.45) is 4.46. The molecule has 34 heavy (non-hydrogen) atoms. The number of benzene rings is 2. The van der Waals surface area contributed by atoms with E-state index in [4.69, 9.17) is 4.42 Å². The molecule has 0 unspecified atom stereocenters. The van der Waals surface area contributed by atoms with Gasteiger partial charge in [0.05, 0.1) is 11.8 Å². The minimum absolute atomic E-state index is 0.136. The summed E-state index contributed by atoms with van der Waals surface area (Å²) in [7, 11) is 0. The van der Waals surface area contributed by atoms with Gasteiger partial charge in [-0.05, 0) is 17.2 Å². The second kappa shape index (κ2) is 10.5.